The summed E-state index contributed by atoms with van der Waals surface area (Å²) in [6.07, 6.45) is 1.66. The second-order valence-electron chi connectivity index (χ2n) is 13.2. The van der Waals surface area contributed by atoms with Gasteiger partial charge in [0.15, 0.2) is 22.4 Å². The van der Waals surface area contributed by atoms with Crippen LogP contribution < -0.4 is 10.2 Å². The van der Waals surface area contributed by atoms with Crippen LogP contribution in [0.25, 0.3) is 44.8 Å². The lowest BCUT2D eigenvalue weighted by Gasteiger charge is -2.14. The van der Waals surface area contributed by atoms with Crippen LogP contribution in [0.1, 0.15) is 49.7 Å². The Balaban J connectivity index is 1.01. The van der Waals surface area contributed by atoms with Crippen LogP contribution in [0, 0.1) is 0 Å². The van der Waals surface area contributed by atoms with Crippen molar-refractivity contribution in [1.82, 2.24) is 30.2 Å². The summed E-state index contributed by atoms with van der Waals surface area (Å²) < 4.78 is 18.4. The summed E-state index contributed by atoms with van der Waals surface area (Å²) >= 11 is 6.60. The summed E-state index contributed by atoms with van der Waals surface area (Å²) in [5.41, 5.74) is 2.98. The van der Waals surface area contributed by atoms with E-state index in [1.54, 1.807) is 0 Å². The first-order valence-electron chi connectivity index (χ1n) is 18.1. The fourth-order valence-corrected chi connectivity index (χ4v) is 6.59. The zero-order valence-electron chi connectivity index (χ0n) is 30.8. The summed E-state index contributed by atoms with van der Waals surface area (Å²) in [7, 11) is 0. The first kappa shape index (κ1) is 39.1. The number of aromatic hydroxyl groups is 4. The number of esters is 2. The molecule has 0 bridgehead atoms. The van der Waals surface area contributed by atoms with E-state index in [1.165, 1.54) is 6.07 Å². The monoisotopic (exact) mass is 806 g/mol. The van der Waals surface area contributed by atoms with Crippen molar-refractivity contribution in [3.8, 4) is 62.6 Å². The van der Waals surface area contributed by atoms with Crippen LogP contribution >= 0.6 is 11.6 Å². The third kappa shape index (κ3) is 8.31. The number of imidazole rings is 1. The van der Waals surface area contributed by atoms with E-state index >= 15 is 0 Å². The molecule has 4 aromatic carbocycles. The van der Waals surface area contributed by atoms with Crippen LogP contribution in [0.15, 0.2) is 88.1 Å². The fourth-order valence-electron chi connectivity index (χ4n) is 6.34. The molecule has 0 atom stereocenters. The van der Waals surface area contributed by atoms with Gasteiger partial charge in [-0.3, -0.25) is 14.4 Å². The largest absolute Gasteiger partial charge is 0.508 e. The molecule has 296 valence electrons. The maximum Gasteiger partial charge on any atom is 0.311 e. The number of ether oxygens (including phenoxy) is 2. The van der Waals surface area contributed by atoms with Crippen molar-refractivity contribution in [2.45, 2.75) is 52.2 Å². The molecule has 0 spiro atoms. The molecule has 0 aliphatic heterocycles. The number of carbonyl (C=O) groups is 2. The molecular weight excluding hydrogens is 772 g/mol. The Morgan fingerprint density at radius 3 is 2.38 bits per heavy atom. The van der Waals surface area contributed by atoms with Crippen LogP contribution in [-0.2, 0) is 33.9 Å². The van der Waals surface area contributed by atoms with Crippen molar-refractivity contribution in [2.75, 3.05) is 0 Å². The average molecular weight is 807 g/mol. The minimum Gasteiger partial charge on any atom is -0.508 e. The summed E-state index contributed by atoms with van der Waals surface area (Å²) in [5, 5.41) is 55.2. The van der Waals surface area contributed by atoms with Gasteiger partial charge in [-0.15, -0.1) is 10.2 Å². The van der Waals surface area contributed by atoms with Gasteiger partial charge in [0.05, 0.1) is 18.5 Å². The smallest absolute Gasteiger partial charge is 0.311 e. The summed E-state index contributed by atoms with van der Waals surface area (Å²) in [5.74, 6) is -3.42. The number of phenolic OH excluding ortho intramolecular Hbond substituents is 3. The number of aryl methyl sites for hydroxylation is 1. The topological polar surface area (TPSA) is 236 Å². The lowest BCUT2D eigenvalue weighted by atomic mass is 9.98. The van der Waals surface area contributed by atoms with Crippen molar-refractivity contribution in [2.24, 2.45) is 0 Å². The third-order valence-corrected chi connectivity index (χ3v) is 9.56. The quantitative estimate of drug-likeness (QED) is 0.0562. The number of benzene rings is 4. The standard InChI is InChI=1S/C41H35ClN6O10/c1-2-3-8-33-43-40(42)28(48(33)20-22-9-11-23(12-10-22)26-6-4-5-7-27(26)41-44-46-47-45-41)21-56-34(52)15-16-35(53)57-31-17-24(13-14-29(31)50)39-38(55)37(54)36-30(51)18-25(49)19-32(36)58-39/h4-7,9-14,17-19,49-51,55H,2-3,8,15-16,20-21H2,1H3,(H,44,45,46,47). The van der Waals surface area contributed by atoms with E-state index in [0.717, 1.165) is 65.2 Å². The molecule has 5 N–H and O–H groups in total. The Bertz CT molecular complexity index is 2690. The number of unbranched alkanes of at least 4 members (excludes halogenated alkanes) is 1. The molecule has 0 fully saturated rings. The molecule has 0 aliphatic rings. The highest BCUT2D eigenvalue weighted by molar-refractivity contribution is 6.30. The zero-order chi connectivity index (χ0) is 40.9. The molecule has 0 amide bonds. The first-order valence-corrected chi connectivity index (χ1v) is 18.5. The molecule has 0 saturated carbocycles. The van der Waals surface area contributed by atoms with Crippen LogP contribution in [0.5, 0.6) is 28.7 Å². The molecule has 16 nitrogen and oxygen atoms in total. The molecule has 0 aliphatic carbocycles. The number of tetrazole rings is 1. The van der Waals surface area contributed by atoms with Gasteiger partial charge in [0.25, 0.3) is 0 Å². The van der Waals surface area contributed by atoms with Gasteiger partial charge in [-0.05, 0) is 46.5 Å². The Kier molecular flexibility index (Phi) is 11.4. The average Bonchev–Trinajstić information content (AvgIpc) is 3.85. The lowest BCUT2D eigenvalue weighted by Crippen LogP contribution is -2.14. The van der Waals surface area contributed by atoms with Gasteiger partial charge in [0.1, 0.15) is 34.9 Å². The Labute approximate surface area is 333 Å². The number of aromatic nitrogens is 6. The Morgan fingerprint density at radius 1 is 0.897 bits per heavy atom. The number of carbonyl (C=O) groups excluding carboxylic acids is 2. The van der Waals surface area contributed by atoms with Crippen LogP contribution in [0.2, 0.25) is 5.15 Å². The van der Waals surface area contributed by atoms with Gasteiger partial charge in [-0.25, -0.2) is 4.98 Å². The van der Waals surface area contributed by atoms with Gasteiger partial charge in [0, 0.05) is 36.2 Å². The number of hydrogen-bond acceptors (Lipinski definition) is 14. The number of fused-ring (bicyclic) bond motifs is 1. The number of H-pyrrole nitrogens is 1. The van der Waals surface area contributed by atoms with Gasteiger partial charge in [-0.1, -0.05) is 73.5 Å². The molecule has 0 radical (unpaired) electrons. The van der Waals surface area contributed by atoms with Crippen molar-refractivity contribution in [3.05, 3.63) is 111 Å². The van der Waals surface area contributed by atoms with Crippen molar-refractivity contribution in [1.29, 1.82) is 0 Å². The zero-order valence-corrected chi connectivity index (χ0v) is 31.6. The van der Waals surface area contributed by atoms with Crippen molar-refractivity contribution < 1.29 is 43.9 Å². The van der Waals surface area contributed by atoms with E-state index in [4.69, 9.17) is 25.5 Å². The van der Waals surface area contributed by atoms with E-state index in [9.17, 15) is 34.8 Å². The highest BCUT2D eigenvalue weighted by atomic mass is 35.5. The van der Waals surface area contributed by atoms with E-state index in [2.05, 4.69) is 32.5 Å². The number of halogens is 1. The number of rotatable bonds is 14. The van der Waals surface area contributed by atoms with Crippen LogP contribution in [0.3, 0.4) is 0 Å². The molecule has 3 aromatic heterocycles. The molecule has 17 heteroatoms. The van der Waals surface area contributed by atoms with Crippen LogP contribution in [0.4, 0.5) is 0 Å². The predicted molar refractivity (Wildman–Crippen MR) is 209 cm³/mol. The van der Waals surface area contributed by atoms with E-state index in [1.807, 2.05) is 53.1 Å². The SMILES string of the molecule is CCCCc1nc(Cl)c(COC(=O)CCC(=O)Oc2cc(-c3oc4cc(O)cc(O)c4c(=O)c3O)ccc2O)n1Cc1ccc(-c2ccccc2-c2nn[nH]n2)cc1. The maximum atomic E-state index is 12.9. The summed E-state index contributed by atoms with van der Waals surface area (Å²) in [6.45, 7) is 2.26. The van der Waals surface area contributed by atoms with E-state index in [-0.39, 0.29) is 46.2 Å². The number of phenols is 3. The lowest BCUT2D eigenvalue weighted by molar-refractivity contribution is -0.148. The molecule has 3 heterocycles. The first-order chi connectivity index (χ1) is 28.0. The second-order valence-corrected chi connectivity index (χ2v) is 13.6. The predicted octanol–water partition coefficient (Wildman–Crippen LogP) is 6.80. The molecule has 7 rings (SSSR count). The van der Waals surface area contributed by atoms with Crippen molar-refractivity contribution in [3.63, 3.8) is 0 Å². The fraction of sp³-hybridized carbons (Fsp3) is 0.195. The number of hydrogen-bond donors (Lipinski definition) is 5. The minimum absolute atomic E-state index is 0.0212. The number of nitrogens with one attached hydrogen (secondary N) is 1. The molecule has 58 heavy (non-hydrogen) atoms. The van der Waals surface area contributed by atoms with Crippen molar-refractivity contribution >= 4 is 34.5 Å². The molecule has 7 aromatic rings. The molecule has 0 saturated heterocycles. The van der Waals surface area contributed by atoms with Crippen LogP contribution in [-0.4, -0.2) is 62.5 Å². The second kappa shape index (κ2) is 16.9. The Hall–Kier alpha value is -7.20. The maximum absolute atomic E-state index is 12.9. The normalized spacial score (nSPS) is 11.2. The van der Waals surface area contributed by atoms with Gasteiger partial charge < -0.3 is 38.9 Å². The van der Waals surface area contributed by atoms with Gasteiger partial charge >= 0.3 is 11.9 Å². The Morgan fingerprint density at radius 2 is 1.64 bits per heavy atom. The van der Waals surface area contributed by atoms with Gasteiger partial charge in [-0.2, -0.15) is 5.21 Å². The number of nitrogens with zero attached hydrogens (tertiary/aromatic N) is 5. The summed E-state index contributed by atoms with van der Waals surface area (Å²) in [4.78, 5) is 43.0. The minimum atomic E-state index is -0.977. The number of aromatic amines is 1. The van der Waals surface area contributed by atoms with E-state index < -0.39 is 46.8 Å². The molecular formula is C41H35ClN6O10. The van der Waals surface area contributed by atoms with E-state index in [0.29, 0.717) is 24.5 Å². The highest BCUT2D eigenvalue weighted by Gasteiger charge is 2.22. The molecule has 0 unspecified atom stereocenters. The summed E-state index contributed by atoms with van der Waals surface area (Å²) in [6, 6.07) is 21.3. The highest BCUT2D eigenvalue weighted by Crippen LogP contribution is 2.38. The third-order valence-electron chi connectivity index (χ3n) is 9.26. The van der Waals surface area contributed by atoms with Gasteiger partial charge in [0.2, 0.25) is 17.0 Å².